The molecule has 0 aliphatic heterocycles. The van der Waals surface area contributed by atoms with E-state index < -0.39 is 18.2 Å². The Hall–Kier alpha value is -4.00. The first kappa shape index (κ1) is 46.4. The van der Waals surface area contributed by atoms with Gasteiger partial charge in [-0.05, 0) is 56.8 Å². The first-order valence-electron chi connectivity index (χ1n) is 16.1. The molecule has 0 spiro atoms. The van der Waals surface area contributed by atoms with Gasteiger partial charge in [-0.15, -0.1) is 0 Å². The molecule has 1 aromatic rings. The van der Waals surface area contributed by atoms with Crippen LogP contribution in [-0.4, -0.2) is 80.2 Å². The molecule has 1 rings (SSSR count). The van der Waals surface area contributed by atoms with Crippen molar-refractivity contribution in [3.8, 4) is 0 Å². The highest BCUT2D eigenvalue weighted by atomic mass is 16.6. The molecule has 264 valence electrons. The Balaban J connectivity index is -0.000000965. The number of carbonyl (C=O) groups is 6. The van der Waals surface area contributed by atoms with Crippen molar-refractivity contribution < 1.29 is 33.5 Å². The summed E-state index contributed by atoms with van der Waals surface area (Å²) >= 11 is 0. The lowest BCUT2D eigenvalue weighted by Gasteiger charge is -2.17. The number of ether oxygens (including phenoxy) is 1. The van der Waals surface area contributed by atoms with Gasteiger partial charge in [0.15, 0.2) is 0 Å². The standard InChI is InChI=1S/C20H31N5O5.C9H17NO2.2C2H6/c1-14(26)10-12-25(3)20(29)30-13-15-6-8-16(9-7-15)24-18(27)17(22-2)5-4-11-23-19(21)28;1-4-5-9(12)10-8(6-11)7(2)3;2*1-2/h6-9,17,22H,4-5,10-13H2,1-3H3,(H,24,27)(H3,21,23,28);6-8H,4-5H2,1-3H3,(H,10,12);2*1-2H3/t17-;;;/m0.../s1. The maximum Gasteiger partial charge on any atom is 0.409 e. The Morgan fingerprint density at radius 3 is 2.04 bits per heavy atom. The number of Topliss-reactive ketones (excluding diaryl/α,β-unsaturated/α-hetero) is 1. The number of anilines is 1. The average molecular weight is 653 g/mol. The first-order chi connectivity index (χ1) is 21.8. The lowest BCUT2D eigenvalue weighted by molar-refractivity contribution is -0.124. The van der Waals surface area contributed by atoms with E-state index in [0.29, 0.717) is 38.0 Å². The Bertz CT molecular complexity index is 1000. The van der Waals surface area contributed by atoms with Gasteiger partial charge in [0.1, 0.15) is 18.7 Å². The van der Waals surface area contributed by atoms with Gasteiger partial charge in [-0.25, -0.2) is 9.59 Å². The van der Waals surface area contributed by atoms with Crippen LogP contribution < -0.4 is 27.0 Å². The minimum Gasteiger partial charge on any atom is -0.445 e. The average Bonchev–Trinajstić information content (AvgIpc) is 3.04. The van der Waals surface area contributed by atoms with Crippen LogP contribution in [0.25, 0.3) is 0 Å². The minimum absolute atomic E-state index is 0.00938. The van der Waals surface area contributed by atoms with Crippen molar-refractivity contribution in [2.24, 2.45) is 11.7 Å². The molecule has 0 fully saturated rings. The summed E-state index contributed by atoms with van der Waals surface area (Å²) < 4.78 is 5.21. The Morgan fingerprint density at radius 1 is 1.00 bits per heavy atom. The van der Waals surface area contributed by atoms with Crippen molar-refractivity contribution in [2.75, 3.05) is 32.5 Å². The zero-order chi connectivity index (χ0) is 36.1. The fraction of sp³-hybridized carbons (Fsp3) is 0.636. The zero-order valence-corrected chi connectivity index (χ0v) is 29.7. The number of ketones is 1. The van der Waals surface area contributed by atoms with Crippen LogP contribution in [0.1, 0.15) is 93.1 Å². The molecule has 0 bridgehead atoms. The van der Waals surface area contributed by atoms with Crippen LogP contribution in [0, 0.1) is 5.92 Å². The highest BCUT2D eigenvalue weighted by Crippen LogP contribution is 2.12. The predicted molar refractivity (Wildman–Crippen MR) is 183 cm³/mol. The topological polar surface area (TPSA) is 189 Å². The van der Waals surface area contributed by atoms with Gasteiger partial charge in [-0.1, -0.05) is 60.6 Å². The number of urea groups is 1. The molecular formula is C33H60N6O7. The van der Waals surface area contributed by atoms with Gasteiger partial charge in [-0.3, -0.25) is 14.4 Å². The van der Waals surface area contributed by atoms with Gasteiger partial charge < -0.3 is 41.4 Å². The van der Waals surface area contributed by atoms with Crippen molar-refractivity contribution in [1.29, 1.82) is 0 Å². The monoisotopic (exact) mass is 652 g/mol. The number of hydrogen-bond donors (Lipinski definition) is 5. The maximum absolute atomic E-state index is 12.4. The van der Waals surface area contributed by atoms with E-state index in [4.69, 9.17) is 10.5 Å². The van der Waals surface area contributed by atoms with Crippen LogP contribution >= 0.6 is 0 Å². The second-order valence-electron chi connectivity index (χ2n) is 10.1. The Labute approximate surface area is 276 Å². The highest BCUT2D eigenvalue weighted by Gasteiger charge is 2.17. The number of aldehydes is 1. The molecule has 0 heterocycles. The summed E-state index contributed by atoms with van der Waals surface area (Å²) in [6.45, 7) is 16.0. The van der Waals surface area contributed by atoms with Crippen LogP contribution in [-0.2, 0) is 30.5 Å². The van der Waals surface area contributed by atoms with E-state index in [1.165, 1.54) is 11.8 Å². The number of nitrogens with one attached hydrogen (secondary N) is 4. The molecule has 0 saturated carbocycles. The zero-order valence-electron chi connectivity index (χ0n) is 29.7. The van der Waals surface area contributed by atoms with Crippen LogP contribution in [0.3, 0.4) is 0 Å². The third-order valence-corrected chi connectivity index (χ3v) is 6.00. The van der Waals surface area contributed by atoms with E-state index >= 15 is 0 Å². The van der Waals surface area contributed by atoms with E-state index in [1.807, 2.05) is 48.5 Å². The van der Waals surface area contributed by atoms with E-state index in [1.54, 1.807) is 38.4 Å². The molecule has 0 radical (unpaired) electrons. The number of primary amides is 1. The van der Waals surface area contributed by atoms with Gasteiger partial charge in [-0.2, -0.15) is 0 Å². The number of rotatable bonds is 17. The number of benzene rings is 1. The van der Waals surface area contributed by atoms with E-state index in [2.05, 4.69) is 21.3 Å². The summed E-state index contributed by atoms with van der Waals surface area (Å²) in [5.74, 6) is -0.0513. The van der Waals surface area contributed by atoms with Crippen LogP contribution in [0.4, 0.5) is 15.3 Å². The largest absolute Gasteiger partial charge is 0.445 e. The molecule has 13 nitrogen and oxygen atoms in total. The van der Waals surface area contributed by atoms with E-state index in [-0.39, 0.29) is 42.6 Å². The second kappa shape index (κ2) is 29.7. The number of amides is 5. The summed E-state index contributed by atoms with van der Waals surface area (Å²) in [4.78, 5) is 68.8. The van der Waals surface area contributed by atoms with Crippen molar-refractivity contribution in [3.05, 3.63) is 29.8 Å². The molecular weight excluding hydrogens is 592 g/mol. The van der Waals surface area contributed by atoms with Crippen molar-refractivity contribution in [2.45, 2.75) is 106 Å². The fourth-order valence-electron chi connectivity index (χ4n) is 3.35. The van der Waals surface area contributed by atoms with Crippen LogP contribution in [0.15, 0.2) is 24.3 Å². The molecule has 5 amide bonds. The van der Waals surface area contributed by atoms with Gasteiger partial charge in [0.05, 0.1) is 12.1 Å². The molecule has 2 atom stereocenters. The van der Waals surface area contributed by atoms with Gasteiger partial charge in [0.25, 0.3) is 0 Å². The summed E-state index contributed by atoms with van der Waals surface area (Å²) in [6.07, 6.45) is 3.03. The smallest absolute Gasteiger partial charge is 0.409 e. The predicted octanol–water partition coefficient (Wildman–Crippen LogP) is 4.39. The summed E-state index contributed by atoms with van der Waals surface area (Å²) in [7, 11) is 3.27. The molecule has 0 aliphatic carbocycles. The summed E-state index contributed by atoms with van der Waals surface area (Å²) in [5.41, 5.74) is 6.39. The molecule has 13 heteroatoms. The van der Waals surface area contributed by atoms with Crippen LogP contribution in [0.2, 0.25) is 0 Å². The number of nitrogens with two attached hydrogens (primary N) is 1. The number of hydrogen-bond acceptors (Lipinski definition) is 8. The lowest BCUT2D eigenvalue weighted by atomic mass is 10.1. The third-order valence-electron chi connectivity index (χ3n) is 6.00. The second-order valence-corrected chi connectivity index (χ2v) is 10.1. The molecule has 0 aliphatic rings. The van der Waals surface area contributed by atoms with Crippen LogP contribution in [0.5, 0.6) is 0 Å². The maximum atomic E-state index is 12.4. The highest BCUT2D eigenvalue weighted by molar-refractivity contribution is 5.94. The Morgan fingerprint density at radius 2 is 1.59 bits per heavy atom. The van der Waals surface area contributed by atoms with Gasteiger partial charge >= 0.3 is 12.1 Å². The number of carbonyl (C=O) groups excluding carboxylic acids is 6. The fourth-order valence-corrected chi connectivity index (χ4v) is 3.35. The first-order valence-corrected chi connectivity index (χ1v) is 16.1. The minimum atomic E-state index is -0.589. The van der Waals surface area contributed by atoms with Crippen molar-refractivity contribution in [3.63, 3.8) is 0 Å². The van der Waals surface area contributed by atoms with Gasteiger partial charge in [0.2, 0.25) is 11.8 Å². The molecule has 0 saturated heterocycles. The number of nitrogens with zero attached hydrogens (tertiary/aromatic N) is 1. The van der Waals surface area contributed by atoms with E-state index in [9.17, 15) is 28.8 Å². The number of likely N-dealkylation sites (N-methyl/N-ethyl adjacent to an activating group) is 1. The van der Waals surface area contributed by atoms with Crippen molar-refractivity contribution >= 4 is 41.7 Å². The third kappa shape index (κ3) is 24.3. The summed E-state index contributed by atoms with van der Waals surface area (Å²) in [6, 6.07) is 5.63. The lowest BCUT2D eigenvalue weighted by Crippen LogP contribution is -2.39. The normalized spacial score (nSPS) is 10.9. The molecule has 0 aromatic heterocycles. The Kier molecular flexibility index (Phi) is 30.0. The van der Waals surface area contributed by atoms with Gasteiger partial charge in [0, 0.05) is 38.7 Å². The quantitative estimate of drug-likeness (QED) is 0.121. The molecule has 6 N–H and O–H groups in total. The van der Waals surface area contributed by atoms with Crippen molar-refractivity contribution in [1.82, 2.24) is 20.9 Å². The SMILES string of the molecule is CC.CC.CCCC(=O)NC(C=O)C(C)C.CN[C@@H](CCCNC(N)=O)C(=O)Nc1ccc(COC(=O)N(C)CCC(C)=O)cc1. The summed E-state index contributed by atoms with van der Waals surface area (Å²) in [5, 5.41) is 10.9. The van der Waals surface area contributed by atoms with E-state index in [0.717, 1.165) is 18.3 Å². The molecule has 1 aromatic carbocycles. The molecule has 1 unspecified atom stereocenters. The molecule has 46 heavy (non-hydrogen) atoms.